The maximum absolute atomic E-state index is 11.5. The highest BCUT2D eigenvalue weighted by molar-refractivity contribution is 5.78. The van der Waals surface area contributed by atoms with Crippen LogP contribution in [-0.2, 0) is 4.79 Å². The summed E-state index contributed by atoms with van der Waals surface area (Å²) in [5, 5.41) is 20.2. The Kier molecular flexibility index (Phi) is 9.18. The van der Waals surface area contributed by atoms with Crippen LogP contribution >= 0.6 is 0 Å². The van der Waals surface area contributed by atoms with Gasteiger partial charge in [-0.3, -0.25) is 9.69 Å². The summed E-state index contributed by atoms with van der Waals surface area (Å²) < 4.78 is 0. The molecule has 0 rings (SSSR count). The molecule has 0 aromatic heterocycles. The van der Waals surface area contributed by atoms with Crippen LogP contribution in [0.2, 0.25) is 0 Å². The summed E-state index contributed by atoms with van der Waals surface area (Å²) in [5.41, 5.74) is 0. The number of carbonyl (C=O) groups excluding carboxylic acids is 1. The second kappa shape index (κ2) is 9.57. The van der Waals surface area contributed by atoms with Gasteiger partial charge in [-0.2, -0.15) is 0 Å². The van der Waals surface area contributed by atoms with Crippen molar-refractivity contribution in [1.29, 1.82) is 0 Å². The van der Waals surface area contributed by atoms with E-state index >= 15 is 0 Å². The molecule has 0 saturated heterocycles. The van der Waals surface area contributed by atoms with E-state index in [-0.39, 0.29) is 32.2 Å². The Morgan fingerprint density at radius 2 is 1.88 bits per heavy atom. The molecule has 1 amide bonds. The molecule has 96 valence electrons. The zero-order valence-electron chi connectivity index (χ0n) is 10.3. The summed E-state index contributed by atoms with van der Waals surface area (Å²) >= 11 is 0. The fourth-order valence-electron chi connectivity index (χ4n) is 1.76. The van der Waals surface area contributed by atoms with E-state index in [0.29, 0.717) is 12.6 Å². The SMILES string of the molecule is CCC(CC)N(CCO)CC(=O)NCCO. The lowest BCUT2D eigenvalue weighted by Crippen LogP contribution is -2.44. The van der Waals surface area contributed by atoms with Crippen molar-refractivity contribution in [2.45, 2.75) is 32.7 Å². The molecule has 0 unspecified atom stereocenters. The Morgan fingerprint density at radius 1 is 1.25 bits per heavy atom. The van der Waals surface area contributed by atoms with Crippen molar-refractivity contribution in [2.24, 2.45) is 0 Å². The predicted molar refractivity (Wildman–Crippen MR) is 63.1 cm³/mol. The van der Waals surface area contributed by atoms with Crippen molar-refractivity contribution < 1.29 is 15.0 Å². The lowest BCUT2D eigenvalue weighted by molar-refractivity contribution is -0.123. The van der Waals surface area contributed by atoms with Crippen LogP contribution in [0.5, 0.6) is 0 Å². The maximum atomic E-state index is 11.5. The lowest BCUT2D eigenvalue weighted by atomic mass is 10.1. The van der Waals surface area contributed by atoms with Crippen LogP contribution < -0.4 is 5.32 Å². The Balaban J connectivity index is 4.14. The summed E-state index contributed by atoms with van der Waals surface area (Å²) in [5.74, 6) is -0.102. The first kappa shape index (κ1) is 15.3. The number of rotatable bonds is 9. The van der Waals surface area contributed by atoms with Gasteiger partial charge in [-0.15, -0.1) is 0 Å². The lowest BCUT2D eigenvalue weighted by Gasteiger charge is -2.29. The highest BCUT2D eigenvalue weighted by Gasteiger charge is 2.17. The first-order chi connectivity index (χ1) is 7.69. The van der Waals surface area contributed by atoms with Gasteiger partial charge in [-0.1, -0.05) is 13.8 Å². The average molecular weight is 232 g/mol. The van der Waals surface area contributed by atoms with Gasteiger partial charge in [0.25, 0.3) is 0 Å². The topological polar surface area (TPSA) is 72.8 Å². The van der Waals surface area contributed by atoms with E-state index < -0.39 is 0 Å². The zero-order chi connectivity index (χ0) is 12.4. The number of nitrogens with one attached hydrogen (secondary N) is 1. The quantitative estimate of drug-likeness (QED) is 0.505. The Labute approximate surface area is 97.4 Å². The zero-order valence-corrected chi connectivity index (χ0v) is 10.3. The number of carbonyl (C=O) groups is 1. The van der Waals surface area contributed by atoms with Crippen molar-refractivity contribution in [3.05, 3.63) is 0 Å². The highest BCUT2D eigenvalue weighted by atomic mass is 16.3. The van der Waals surface area contributed by atoms with Gasteiger partial charge in [0.1, 0.15) is 0 Å². The van der Waals surface area contributed by atoms with E-state index in [4.69, 9.17) is 10.2 Å². The largest absolute Gasteiger partial charge is 0.395 e. The molecule has 0 aliphatic rings. The molecule has 0 saturated carbocycles. The summed E-state index contributed by atoms with van der Waals surface area (Å²) in [6.45, 7) is 5.25. The molecular weight excluding hydrogens is 208 g/mol. The molecule has 16 heavy (non-hydrogen) atoms. The van der Waals surface area contributed by atoms with Crippen LogP contribution in [-0.4, -0.2) is 59.9 Å². The third-order valence-corrected chi connectivity index (χ3v) is 2.63. The van der Waals surface area contributed by atoms with Crippen molar-refractivity contribution >= 4 is 5.91 Å². The Bertz CT molecular complexity index is 184. The summed E-state index contributed by atoms with van der Waals surface area (Å²) in [6.07, 6.45) is 1.92. The minimum atomic E-state index is -0.102. The van der Waals surface area contributed by atoms with Gasteiger partial charge in [-0.05, 0) is 12.8 Å². The molecule has 5 nitrogen and oxygen atoms in total. The van der Waals surface area contributed by atoms with Crippen molar-refractivity contribution in [1.82, 2.24) is 10.2 Å². The number of nitrogens with zero attached hydrogens (tertiary/aromatic N) is 1. The van der Waals surface area contributed by atoms with Gasteiger partial charge in [-0.25, -0.2) is 0 Å². The number of hydrogen-bond acceptors (Lipinski definition) is 4. The molecule has 0 aromatic rings. The monoisotopic (exact) mass is 232 g/mol. The number of hydrogen-bond donors (Lipinski definition) is 3. The van der Waals surface area contributed by atoms with Crippen molar-refractivity contribution in [3.8, 4) is 0 Å². The van der Waals surface area contributed by atoms with E-state index in [1.165, 1.54) is 0 Å². The Hall–Kier alpha value is -0.650. The average Bonchev–Trinajstić information content (AvgIpc) is 2.28. The van der Waals surface area contributed by atoms with E-state index in [9.17, 15) is 4.79 Å². The third-order valence-electron chi connectivity index (χ3n) is 2.63. The minimum Gasteiger partial charge on any atom is -0.395 e. The second-order valence-electron chi connectivity index (χ2n) is 3.74. The first-order valence-corrected chi connectivity index (χ1v) is 5.92. The molecule has 0 atom stereocenters. The van der Waals surface area contributed by atoms with Crippen molar-refractivity contribution in [2.75, 3.05) is 32.8 Å². The number of aliphatic hydroxyl groups is 2. The molecule has 0 aliphatic heterocycles. The maximum Gasteiger partial charge on any atom is 0.234 e. The third kappa shape index (κ3) is 6.05. The molecular formula is C11H24N2O3. The van der Waals surface area contributed by atoms with E-state index in [0.717, 1.165) is 12.8 Å². The van der Waals surface area contributed by atoms with E-state index in [2.05, 4.69) is 19.2 Å². The van der Waals surface area contributed by atoms with Crippen LogP contribution in [0, 0.1) is 0 Å². The van der Waals surface area contributed by atoms with Crippen LogP contribution in [0.4, 0.5) is 0 Å². The predicted octanol–water partition coefficient (Wildman–Crippen LogP) is -0.422. The van der Waals surface area contributed by atoms with Gasteiger partial charge in [0, 0.05) is 19.1 Å². The smallest absolute Gasteiger partial charge is 0.234 e. The second-order valence-corrected chi connectivity index (χ2v) is 3.74. The fourth-order valence-corrected chi connectivity index (χ4v) is 1.76. The number of aliphatic hydroxyl groups excluding tert-OH is 2. The molecule has 0 aliphatic carbocycles. The molecule has 0 aromatic carbocycles. The van der Waals surface area contributed by atoms with E-state index in [1.54, 1.807) is 0 Å². The van der Waals surface area contributed by atoms with Gasteiger partial charge in [0.05, 0.1) is 19.8 Å². The molecule has 5 heteroatoms. The van der Waals surface area contributed by atoms with Crippen LogP contribution in [0.1, 0.15) is 26.7 Å². The highest BCUT2D eigenvalue weighted by Crippen LogP contribution is 2.07. The molecule has 0 bridgehead atoms. The fraction of sp³-hybridized carbons (Fsp3) is 0.909. The molecule has 0 fully saturated rings. The summed E-state index contributed by atoms with van der Waals surface area (Å²) in [7, 11) is 0. The minimum absolute atomic E-state index is 0.0449. The van der Waals surface area contributed by atoms with Crippen LogP contribution in [0.15, 0.2) is 0 Å². The summed E-state index contributed by atoms with van der Waals surface area (Å²) in [6, 6.07) is 0.326. The normalized spacial score (nSPS) is 11.1. The molecule has 0 heterocycles. The summed E-state index contributed by atoms with van der Waals surface area (Å²) in [4.78, 5) is 13.5. The van der Waals surface area contributed by atoms with Gasteiger partial charge in [0.15, 0.2) is 0 Å². The van der Waals surface area contributed by atoms with Crippen LogP contribution in [0.25, 0.3) is 0 Å². The first-order valence-electron chi connectivity index (χ1n) is 5.92. The van der Waals surface area contributed by atoms with Crippen LogP contribution in [0.3, 0.4) is 0 Å². The van der Waals surface area contributed by atoms with Gasteiger partial charge < -0.3 is 15.5 Å². The van der Waals surface area contributed by atoms with E-state index in [1.807, 2.05) is 4.90 Å². The Morgan fingerprint density at radius 3 is 2.31 bits per heavy atom. The molecule has 0 spiro atoms. The standard InChI is InChI=1S/C11H24N2O3/c1-3-10(4-2)13(6-8-15)9-11(16)12-5-7-14/h10,14-15H,3-9H2,1-2H3,(H,12,16). The molecule has 0 radical (unpaired) electrons. The van der Waals surface area contributed by atoms with Gasteiger partial charge in [0.2, 0.25) is 5.91 Å². The number of amides is 1. The van der Waals surface area contributed by atoms with Crippen molar-refractivity contribution in [3.63, 3.8) is 0 Å². The van der Waals surface area contributed by atoms with Gasteiger partial charge >= 0.3 is 0 Å². The molecule has 3 N–H and O–H groups in total.